The summed E-state index contributed by atoms with van der Waals surface area (Å²) in [5.41, 5.74) is 4.43. The second-order valence-corrected chi connectivity index (χ2v) is 7.13. The van der Waals surface area contributed by atoms with Crippen LogP contribution in [-0.2, 0) is 25.9 Å². The first-order chi connectivity index (χ1) is 11.0. The maximum absolute atomic E-state index is 14.0. The average Bonchev–Trinajstić information content (AvgIpc) is 3.09. The molecular weight excluding hydrogens is 291 g/mol. The van der Waals surface area contributed by atoms with Crippen molar-refractivity contribution in [2.75, 3.05) is 0 Å². The van der Waals surface area contributed by atoms with E-state index in [0.717, 1.165) is 23.3 Å². The Kier molecular flexibility index (Phi) is 3.33. The Bertz CT molecular complexity index is 764. The Hall–Kier alpha value is -2.03. The van der Waals surface area contributed by atoms with Crippen LogP contribution in [0.1, 0.15) is 42.5 Å². The summed E-state index contributed by atoms with van der Waals surface area (Å²) in [5, 5.41) is 0. The van der Waals surface area contributed by atoms with Crippen LogP contribution >= 0.6 is 0 Å². The Balaban J connectivity index is 1.56. The standard InChI is InChI=1S/C20H21FO2/c1-20(2)11-17-15(7-9-18(21)19(17)23-20)12-22-16-8-6-13-4-3-5-14(13)10-16/h6-10H,3-5,11-12H2,1-2H3. The lowest BCUT2D eigenvalue weighted by molar-refractivity contribution is 0.133. The minimum atomic E-state index is -0.354. The Morgan fingerprint density at radius 1 is 1.13 bits per heavy atom. The highest BCUT2D eigenvalue weighted by Crippen LogP contribution is 2.39. The van der Waals surface area contributed by atoms with Crippen molar-refractivity contribution in [1.82, 2.24) is 0 Å². The first-order valence-corrected chi connectivity index (χ1v) is 8.26. The Labute approximate surface area is 136 Å². The van der Waals surface area contributed by atoms with Crippen molar-refractivity contribution in [3.05, 3.63) is 58.4 Å². The molecule has 2 aromatic rings. The molecule has 120 valence electrons. The molecule has 23 heavy (non-hydrogen) atoms. The molecule has 0 atom stereocenters. The van der Waals surface area contributed by atoms with E-state index in [0.29, 0.717) is 18.8 Å². The third-order valence-electron chi connectivity index (χ3n) is 4.75. The fourth-order valence-corrected chi connectivity index (χ4v) is 3.62. The zero-order chi connectivity index (χ0) is 16.0. The number of hydrogen-bond acceptors (Lipinski definition) is 2. The molecule has 0 N–H and O–H groups in total. The first-order valence-electron chi connectivity index (χ1n) is 8.26. The van der Waals surface area contributed by atoms with Crippen LogP contribution < -0.4 is 9.47 Å². The van der Waals surface area contributed by atoms with E-state index in [1.54, 1.807) is 0 Å². The molecule has 1 aliphatic carbocycles. The van der Waals surface area contributed by atoms with Crippen molar-refractivity contribution in [3.63, 3.8) is 0 Å². The molecule has 2 aliphatic rings. The van der Waals surface area contributed by atoms with E-state index in [-0.39, 0.29) is 11.4 Å². The van der Waals surface area contributed by atoms with Crippen LogP contribution in [0.25, 0.3) is 0 Å². The minimum Gasteiger partial charge on any atom is -0.489 e. The highest BCUT2D eigenvalue weighted by Gasteiger charge is 2.34. The second kappa shape index (κ2) is 5.26. The van der Waals surface area contributed by atoms with Gasteiger partial charge in [0.2, 0.25) is 0 Å². The number of rotatable bonds is 3. The molecule has 0 spiro atoms. The predicted molar refractivity (Wildman–Crippen MR) is 87.6 cm³/mol. The highest BCUT2D eigenvalue weighted by molar-refractivity contribution is 5.46. The molecule has 0 saturated heterocycles. The molecule has 0 saturated carbocycles. The van der Waals surface area contributed by atoms with Crippen LogP contribution in [-0.4, -0.2) is 5.60 Å². The van der Waals surface area contributed by atoms with E-state index >= 15 is 0 Å². The summed E-state index contributed by atoms with van der Waals surface area (Å²) in [7, 11) is 0. The monoisotopic (exact) mass is 312 g/mol. The quantitative estimate of drug-likeness (QED) is 0.824. The molecule has 2 nitrogen and oxygen atoms in total. The number of fused-ring (bicyclic) bond motifs is 2. The van der Waals surface area contributed by atoms with Crippen molar-refractivity contribution in [3.8, 4) is 11.5 Å². The summed E-state index contributed by atoms with van der Waals surface area (Å²) in [6.45, 7) is 4.41. The van der Waals surface area contributed by atoms with Gasteiger partial charge in [-0.1, -0.05) is 12.1 Å². The van der Waals surface area contributed by atoms with Gasteiger partial charge in [-0.05, 0) is 68.0 Å². The maximum atomic E-state index is 14.0. The molecule has 1 heterocycles. The van der Waals surface area contributed by atoms with Crippen LogP contribution in [0.5, 0.6) is 11.5 Å². The van der Waals surface area contributed by atoms with Crippen molar-refractivity contribution >= 4 is 0 Å². The van der Waals surface area contributed by atoms with Gasteiger partial charge in [0.25, 0.3) is 0 Å². The highest BCUT2D eigenvalue weighted by atomic mass is 19.1. The van der Waals surface area contributed by atoms with Gasteiger partial charge in [-0.3, -0.25) is 0 Å². The van der Waals surface area contributed by atoms with E-state index in [1.165, 1.54) is 30.0 Å². The maximum Gasteiger partial charge on any atom is 0.165 e. The lowest BCUT2D eigenvalue weighted by Crippen LogP contribution is -2.25. The van der Waals surface area contributed by atoms with Crippen molar-refractivity contribution < 1.29 is 13.9 Å². The molecule has 4 rings (SSSR count). The number of hydrogen-bond donors (Lipinski definition) is 0. The average molecular weight is 312 g/mol. The minimum absolute atomic E-state index is 0.285. The molecule has 0 amide bonds. The largest absolute Gasteiger partial charge is 0.489 e. The van der Waals surface area contributed by atoms with E-state index in [2.05, 4.69) is 12.1 Å². The smallest absolute Gasteiger partial charge is 0.165 e. The van der Waals surface area contributed by atoms with Gasteiger partial charge in [-0.2, -0.15) is 0 Å². The number of halogens is 1. The number of ether oxygens (including phenoxy) is 2. The van der Waals surface area contributed by atoms with Crippen molar-refractivity contribution in [1.29, 1.82) is 0 Å². The summed E-state index contributed by atoms with van der Waals surface area (Å²) in [5.74, 6) is 0.999. The lowest BCUT2D eigenvalue weighted by Gasteiger charge is -2.16. The van der Waals surface area contributed by atoms with Gasteiger partial charge < -0.3 is 9.47 Å². The summed E-state index contributed by atoms with van der Waals surface area (Å²) in [6, 6.07) is 9.63. The predicted octanol–water partition coefficient (Wildman–Crippen LogP) is 4.61. The zero-order valence-electron chi connectivity index (χ0n) is 13.6. The fraction of sp³-hybridized carbons (Fsp3) is 0.400. The summed E-state index contributed by atoms with van der Waals surface area (Å²) in [4.78, 5) is 0. The van der Waals surface area contributed by atoms with Crippen LogP contribution in [0, 0.1) is 5.82 Å². The molecule has 3 heteroatoms. The molecular formula is C20H21FO2. The molecule has 0 fully saturated rings. The van der Waals surface area contributed by atoms with E-state index < -0.39 is 0 Å². The molecule has 0 unspecified atom stereocenters. The lowest BCUT2D eigenvalue weighted by atomic mass is 9.97. The van der Waals surface area contributed by atoms with Crippen LogP contribution in [0.4, 0.5) is 4.39 Å². The van der Waals surface area contributed by atoms with E-state index in [9.17, 15) is 4.39 Å². The molecule has 2 aromatic carbocycles. The SMILES string of the molecule is CC1(C)Cc2c(COc3ccc4c(c3)CCC4)ccc(F)c2O1. The van der Waals surface area contributed by atoms with Gasteiger partial charge >= 0.3 is 0 Å². The van der Waals surface area contributed by atoms with Gasteiger partial charge in [-0.15, -0.1) is 0 Å². The molecule has 0 bridgehead atoms. The zero-order valence-corrected chi connectivity index (χ0v) is 13.6. The normalized spacial score (nSPS) is 17.5. The van der Waals surface area contributed by atoms with Crippen molar-refractivity contribution in [2.45, 2.75) is 51.7 Å². The van der Waals surface area contributed by atoms with Crippen LogP contribution in [0.2, 0.25) is 0 Å². The third-order valence-corrected chi connectivity index (χ3v) is 4.75. The van der Waals surface area contributed by atoms with Gasteiger partial charge in [0.05, 0.1) is 0 Å². The molecule has 0 radical (unpaired) electrons. The summed E-state index contributed by atoms with van der Waals surface area (Å²) < 4.78 is 25.7. The Morgan fingerprint density at radius 2 is 1.96 bits per heavy atom. The van der Waals surface area contributed by atoms with Crippen LogP contribution in [0.3, 0.4) is 0 Å². The van der Waals surface area contributed by atoms with Gasteiger partial charge in [0.1, 0.15) is 18.0 Å². The third kappa shape index (κ3) is 2.69. The van der Waals surface area contributed by atoms with E-state index in [1.807, 2.05) is 26.0 Å². The molecule has 0 aromatic heterocycles. The van der Waals surface area contributed by atoms with Gasteiger partial charge in [-0.25, -0.2) is 4.39 Å². The Morgan fingerprint density at radius 3 is 2.83 bits per heavy atom. The first kappa shape index (κ1) is 14.6. The summed E-state index contributed by atoms with van der Waals surface area (Å²) in [6.07, 6.45) is 4.26. The summed E-state index contributed by atoms with van der Waals surface area (Å²) >= 11 is 0. The number of benzene rings is 2. The van der Waals surface area contributed by atoms with Crippen LogP contribution in [0.15, 0.2) is 30.3 Å². The van der Waals surface area contributed by atoms with Gasteiger partial charge in [0, 0.05) is 12.0 Å². The number of aryl methyl sites for hydroxylation is 2. The van der Waals surface area contributed by atoms with E-state index in [4.69, 9.17) is 9.47 Å². The molecule has 1 aliphatic heterocycles. The fourth-order valence-electron chi connectivity index (χ4n) is 3.62. The second-order valence-electron chi connectivity index (χ2n) is 7.13. The topological polar surface area (TPSA) is 18.5 Å². The van der Waals surface area contributed by atoms with Gasteiger partial charge in [0.15, 0.2) is 11.6 Å². The van der Waals surface area contributed by atoms with Crippen molar-refractivity contribution in [2.24, 2.45) is 0 Å².